The maximum absolute atomic E-state index is 12.0. The van der Waals surface area contributed by atoms with Crippen LogP contribution in [0.3, 0.4) is 0 Å². The van der Waals surface area contributed by atoms with Gasteiger partial charge in [0.15, 0.2) is 0 Å². The Hall–Kier alpha value is -0.330. The van der Waals surface area contributed by atoms with Crippen LogP contribution in [0.5, 0.6) is 0 Å². The number of alkyl halides is 4. The molecule has 0 radical (unpaired) electrons. The molecule has 1 aromatic heterocycles. The minimum atomic E-state index is -4.08. The number of hydrogen-bond donors (Lipinski definition) is 0. The van der Waals surface area contributed by atoms with Crippen LogP contribution in [0, 0.1) is 0 Å². The molecule has 0 aliphatic carbocycles. The van der Waals surface area contributed by atoms with Gasteiger partial charge in [0, 0.05) is 24.9 Å². The van der Waals surface area contributed by atoms with Gasteiger partial charge in [-0.15, -0.1) is 22.9 Å². The second-order valence-electron chi connectivity index (χ2n) is 3.78. The minimum Gasteiger partial charge on any atom is -0.306 e. The van der Waals surface area contributed by atoms with E-state index in [1.165, 1.54) is 11.3 Å². The molecule has 1 rings (SSSR count). The molecule has 0 aliphatic heterocycles. The maximum atomic E-state index is 12.0. The minimum absolute atomic E-state index is 0.0250. The summed E-state index contributed by atoms with van der Waals surface area (Å²) in [4.78, 5) is 5.91. The van der Waals surface area contributed by atoms with E-state index in [1.54, 1.807) is 11.9 Å². The number of likely N-dealkylation sites (N-methyl/N-ethyl adjacent to an activating group) is 1. The zero-order valence-electron chi connectivity index (χ0n) is 9.43. The van der Waals surface area contributed by atoms with Crippen LogP contribution in [0.1, 0.15) is 17.1 Å². The van der Waals surface area contributed by atoms with E-state index in [0.717, 1.165) is 10.7 Å². The molecule has 0 spiro atoms. The molecule has 17 heavy (non-hydrogen) atoms. The lowest BCUT2D eigenvalue weighted by molar-refractivity contribution is -0.137. The van der Waals surface area contributed by atoms with Crippen LogP contribution < -0.4 is 0 Å². The van der Waals surface area contributed by atoms with Gasteiger partial charge in [-0.05, 0) is 7.05 Å². The first kappa shape index (κ1) is 14.7. The third kappa shape index (κ3) is 6.24. The van der Waals surface area contributed by atoms with Crippen LogP contribution in [0.15, 0.2) is 5.38 Å². The summed E-state index contributed by atoms with van der Waals surface area (Å²) in [6, 6.07) is 0. The highest BCUT2D eigenvalue weighted by Gasteiger charge is 2.26. The molecule has 98 valence electrons. The first-order chi connectivity index (χ1) is 7.90. The van der Waals surface area contributed by atoms with E-state index in [-0.39, 0.29) is 6.54 Å². The fraction of sp³-hybridized carbons (Fsp3) is 0.700. The lowest BCUT2D eigenvalue weighted by atomic mass is 10.3. The van der Waals surface area contributed by atoms with Crippen molar-refractivity contribution in [1.29, 1.82) is 0 Å². The summed E-state index contributed by atoms with van der Waals surface area (Å²) in [5, 5.41) is 2.79. The number of halogens is 4. The van der Waals surface area contributed by atoms with E-state index in [9.17, 15) is 13.2 Å². The van der Waals surface area contributed by atoms with Crippen molar-refractivity contribution in [3.05, 3.63) is 16.1 Å². The van der Waals surface area contributed by atoms with Gasteiger partial charge in [0.1, 0.15) is 0 Å². The fourth-order valence-corrected chi connectivity index (χ4v) is 2.26. The zero-order chi connectivity index (χ0) is 12.9. The average Bonchev–Trinajstić information content (AvgIpc) is 2.70. The Morgan fingerprint density at radius 1 is 1.41 bits per heavy atom. The third-order valence-electron chi connectivity index (χ3n) is 2.22. The van der Waals surface area contributed by atoms with Crippen molar-refractivity contribution in [2.45, 2.75) is 24.9 Å². The standard InChI is InChI=1S/C10H14ClF3N2S/c1-16(5-3-10(12,13)14)4-2-9-15-8(6-11)7-17-9/h7H,2-6H2,1H3. The highest BCUT2D eigenvalue weighted by Crippen LogP contribution is 2.19. The number of aromatic nitrogens is 1. The van der Waals surface area contributed by atoms with Gasteiger partial charge in [-0.2, -0.15) is 13.2 Å². The summed E-state index contributed by atoms with van der Waals surface area (Å²) < 4.78 is 35.9. The summed E-state index contributed by atoms with van der Waals surface area (Å²) in [5.74, 6) is 0.375. The first-order valence-electron chi connectivity index (χ1n) is 5.15. The number of nitrogens with zero attached hydrogens (tertiary/aromatic N) is 2. The first-order valence-corrected chi connectivity index (χ1v) is 6.56. The van der Waals surface area contributed by atoms with Crippen molar-refractivity contribution in [2.24, 2.45) is 0 Å². The van der Waals surface area contributed by atoms with Crippen molar-refractivity contribution in [2.75, 3.05) is 20.1 Å². The highest BCUT2D eigenvalue weighted by atomic mass is 35.5. The Labute approximate surface area is 107 Å². The molecule has 0 aromatic carbocycles. The molecule has 1 aromatic rings. The van der Waals surface area contributed by atoms with Gasteiger partial charge >= 0.3 is 6.18 Å². The lowest BCUT2D eigenvalue weighted by Crippen LogP contribution is -2.26. The molecule has 0 amide bonds. The molecule has 0 saturated carbocycles. The average molecular weight is 287 g/mol. The van der Waals surface area contributed by atoms with Gasteiger partial charge in [-0.25, -0.2) is 4.98 Å². The van der Waals surface area contributed by atoms with Gasteiger partial charge in [0.05, 0.1) is 23.0 Å². The fourth-order valence-electron chi connectivity index (χ4n) is 1.24. The van der Waals surface area contributed by atoms with E-state index in [2.05, 4.69) is 4.98 Å². The summed E-state index contributed by atoms with van der Waals surface area (Å²) in [6.45, 7) is 0.600. The summed E-state index contributed by atoms with van der Waals surface area (Å²) in [6.07, 6.45) is -4.19. The quantitative estimate of drug-likeness (QED) is 0.746. The molecule has 1 heterocycles. The van der Waals surface area contributed by atoms with Crippen molar-refractivity contribution in [1.82, 2.24) is 9.88 Å². The molecule has 7 heteroatoms. The summed E-state index contributed by atoms with van der Waals surface area (Å²) in [7, 11) is 1.68. The lowest BCUT2D eigenvalue weighted by Gasteiger charge is -2.16. The van der Waals surface area contributed by atoms with Gasteiger partial charge in [-0.3, -0.25) is 0 Å². The largest absolute Gasteiger partial charge is 0.390 e. The smallest absolute Gasteiger partial charge is 0.306 e. The third-order valence-corrected chi connectivity index (χ3v) is 3.45. The monoisotopic (exact) mass is 286 g/mol. The van der Waals surface area contributed by atoms with Gasteiger partial charge in [-0.1, -0.05) is 0 Å². The molecule has 0 N–H and O–H groups in total. The topological polar surface area (TPSA) is 16.1 Å². The van der Waals surface area contributed by atoms with Crippen LogP contribution in [0.25, 0.3) is 0 Å². The maximum Gasteiger partial charge on any atom is 0.390 e. The number of thiazole rings is 1. The molecular weight excluding hydrogens is 273 g/mol. The molecule has 0 saturated heterocycles. The molecular formula is C10H14ClF3N2S. The predicted molar refractivity (Wildman–Crippen MR) is 63.5 cm³/mol. The van der Waals surface area contributed by atoms with Crippen molar-refractivity contribution in [3.8, 4) is 0 Å². The van der Waals surface area contributed by atoms with Gasteiger partial charge in [0.25, 0.3) is 0 Å². The van der Waals surface area contributed by atoms with Crippen LogP contribution >= 0.6 is 22.9 Å². The molecule has 0 atom stereocenters. The zero-order valence-corrected chi connectivity index (χ0v) is 11.0. The van der Waals surface area contributed by atoms with E-state index in [4.69, 9.17) is 11.6 Å². The summed E-state index contributed by atoms with van der Waals surface area (Å²) >= 11 is 7.11. The van der Waals surface area contributed by atoms with Crippen LogP contribution in [0.4, 0.5) is 13.2 Å². The SMILES string of the molecule is CN(CCc1nc(CCl)cs1)CCC(F)(F)F. The van der Waals surface area contributed by atoms with Crippen LogP contribution in [-0.4, -0.2) is 36.2 Å². The molecule has 0 unspecified atom stereocenters. The number of rotatable bonds is 6. The second-order valence-corrected chi connectivity index (χ2v) is 4.99. The van der Waals surface area contributed by atoms with Gasteiger partial charge < -0.3 is 4.90 Å². The van der Waals surface area contributed by atoms with E-state index in [0.29, 0.717) is 18.8 Å². The number of hydrogen-bond acceptors (Lipinski definition) is 3. The summed E-state index contributed by atoms with van der Waals surface area (Å²) in [5.41, 5.74) is 0.824. The van der Waals surface area contributed by atoms with Crippen LogP contribution in [0.2, 0.25) is 0 Å². The molecule has 0 fully saturated rings. The van der Waals surface area contributed by atoms with E-state index >= 15 is 0 Å². The van der Waals surface area contributed by atoms with Crippen molar-refractivity contribution < 1.29 is 13.2 Å². The Bertz CT molecular complexity index is 341. The second kappa shape index (κ2) is 6.56. The van der Waals surface area contributed by atoms with E-state index in [1.807, 2.05) is 5.38 Å². The van der Waals surface area contributed by atoms with Crippen molar-refractivity contribution >= 4 is 22.9 Å². The molecule has 0 aliphatic rings. The normalized spacial score (nSPS) is 12.4. The molecule has 2 nitrogen and oxygen atoms in total. The Morgan fingerprint density at radius 2 is 2.12 bits per heavy atom. The Balaban J connectivity index is 2.25. The van der Waals surface area contributed by atoms with Gasteiger partial charge in [0.2, 0.25) is 0 Å². The Morgan fingerprint density at radius 3 is 2.65 bits per heavy atom. The van der Waals surface area contributed by atoms with E-state index < -0.39 is 12.6 Å². The predicted octanol–water partition coefficient (Wildman–Crippen LogP) is 3.31. The van der Waals surface area contributed by atoms with Crippen molar-refractivity contribution in [3.63, 3.8) is 0 Å². The Kier molecular flexibility index (Phi) is 5.69. The van der Waals surface area contributed by atoms with Crippen LogP contribution in [-0.2, 0) is 12.3 Å². The molecule has 0 bridgehead atoms. The highest BCUT2D eigenvalue weighted by molar-refractivity contribution is 7.09.